The number of fused-ring (bicyclic) bond motifs is 1. The number of amides is 1. The summed E-state index contributed by atoms with van der Waals surface area (Å²) >= 11 is 0. The van der Waals surface area contributed by atoms with Crippen LogP contribution in [0.5, 0.6) is 11.5 Å². The number of anilines is 2. The molecule has 0 saturated heterocycles. The van der Waals surface area contributed by atoms with Crippen molar-refractivity contribution in [3.63, 3.8) is 0 Å². The molecule has 1 amide bonds. The van der Waals surface area contributed by atoms with Crippen molar-refractivity contribution in [3.8, 4) is 22.6 Å². The Morgan fingerprint density at radius 3 is 2.54 bits per heavy atom. The molecular formula is C24H26N4O6S. The van der Waals surface area contributed by atoms with E-state index in [0.29, 0.717) is 40.3 Å². The number of rotatable bonds is 7. The van der Waals surface area contributed by atoms with Crippen molar-refractivity contribution < 1.29 is 27.5 Å². The fraction of sp³-hybridized carbons (Fsp3) is 0.292. The number of aromatic nitrogens is 2. The topological polar surface area (TPSA) is 129 Å². The molecule has 1 aliphatic heterocycles. The molecule has 2 aromatic carbocycles. The molecular weight excluding hydrogens is 472 g/mol. The summed E-state index contributed by atoms with van der Waals surface area (Å²) in [5.74, 6) is 0.451. The molecule has 1 aliphatic rings. The zero-order valence-electron chi connectivity index (χ0n) is 19.8. The molecule has 0 atom stereocenters. The van der Waals surface area contributed by atoms with Crippen LogP contribution in [-0.2, 0) is 21.2 Å². The van der Waals surface area contributed by atoms with Gasteiger partial charge in [0.25, 0.3) is 10.0 Å². The third-order valence-corrected chi connectivity index (χ3v) is 7.28. The number of sulfonamides is 1. The smallest absolute Gasteiger partial charge is 0.262 e. The maximum Gasteiger partial charge on any atom is 0.262 e. The Morgan fingerprint density at radius 2 is 1.86 bits per heavy atom. The first kappa shape index (κ1) is 24.3. The van der Waals surface area contributed by atoms with Crippen LogP contribution in [0.2, 0.25) is 0 Å². The van der Waals surface area contributed by atoms with Crippen LogP contribution in [0.4, 0.5) is 11.5 Å². The lowest BCUT2D eigenvalue weighted by atomic mass is 10.0. The molecule has 0 aliphatic carbocycles. The Kier molecular flexibility index (Phi) is 6.53. The standard InChI is InChI=1S/C24H26N4O6S/c1-5-17-23(24-25-21(29)10-11-22(30)28(24)26-17)15-7-6-14(2)20(12-15)35(31,32)27-18-13-16(33-3)8-9-19(18)34-4/h6-9,12-13,27H,5,10-11H2,1-4H3,(H,25,29). The zero-order valence-corrected chi connectivity index (χ0v) is 20.7. The van der Waals surface area contributed by atoms with Crippen molar-refractivity contribution in [2.24, 2.45) is 0 Å². The SMILES string of the molecule is CCc1nn2c(c1-c1ccc(C)c(S(=O)(=O)Nc3cc(OC)ccc3OC)c1)NC(=O)CCC2=O. The van der Waals surface area contributed by atoms with Gasteiger partial charge in [0.15, 0.2) is 0 Å². The van der Waals surface area contributed by atoms with Gasteiger partial charge in [-0.25, -0.2) is 8.42 Å². The molecule has 0 unspecified atom stereocenters. The highest BCUT2D eigenvalue weighted by atomic mass is 32.2. The van der Waals surface area contributed by atoms with Gasteiger partial charge < -0.3 is 14.8 Å². The van der Waals surface area contributed by atoms with E-state index in [1.54, 1.807) is 31.2 Å². The van der Waals surface area contributed by atoms with E-state index in [1.165, 1.54) is 31.0 Å². The molecule has 0 fully saturated rings. The van der Waals surface area contributed by atoms with Crippen molar-refractivity contribution in [1.29, 1.82) is 0 Å². The number of hydrogen-bond acceptors (Lipinski definition) is 7. The molecule has 2 N–H and O–H groups in total. The predicted octanol–water partition coefficient (Wildman–Crippen LogP) is 3.61. The van der Waals surface area contributed by atoms with E-state index in [-0.39, 0.29) is 41.1 Å². The van der Waals surface area contributed by atoms with Crippen LogP contribution in [0.25, 0.3) is 11.1 Å². The highest BCUT2D eigenvalue weighted by Gasteiger charge is 2.28. The van der Waals surface area contributed by atoms with E-state index in [9.17, 15) is 18.0 Å². The lowest BCUT2D eigenvalue weighted by Crippen LogP contribution is -2.15. The fourth-order valence-corrected chi connectivity index (χ4v) is 5.30. The molecule has 184 valence electrons. The Labute approximate surface area is 203 Å². The summed E-state index contributed by atoms with van der Waals surface area (Å²) in [6.07, 6.45) is 0.583. The number of hydrogen-bond donors (Lipinski definition) is 2. The van der Waals surface area contributed by atoms with Crippen LogP contribution < -0.4 is 19.5 Å². The van der Waals surface area contributed by atoms with Gasteiger partial charge in [-0.15, -0.1) is 0 Å². The Balaban J connectivity index is 1.83. The first-order valence-electron chi connectivity index (χ1n) is 11.0. The lowest BCUT2D eigenvalue weighted by Gasteiger charge is -2.15. The second-order valence-electron chi connectivity index (χ2n) is 8.03. The lowest BCUT2D eigenvalue weighted by molar-refractivity contribution is -0.116. The summed E-state index contributed by atoms with van der Waals surface area (Å²) in [5.41, 5.74) is 2.35. The van der Waals surface area contributed by atoms with E-state index < -0.39 is 10.0 Å². The quantitative estimate of drug-likeness (QED) is 0.509. The summed E-state index contributed by atoms with van der Waals surface area (Å²) in [6.45, 7) is 3.56. The monoisotopic (exact) mass is 498 g/mol. The molecule has 4 rings (SSSR count). The normalized spacial score (nSPS) is 13.6. The minimum atomic E-state index is -4.05. The Bertz CT molecular complexity index is 1430. The molecule has 0 radical (unpaired) electrons. The highest BCUT2D eigenvalue weighted by Crippen LogP contribution is 2.37. The molecule has 0 bridgehead atoms. The summed E-state index contributed by atoms with van der Waals surface area (Å²) < 4.78 is 41.2. The molecule has 10 nitrogen and oxygen atoms in total. The van der Waals surface area contributed by atoms with Crippen molar-refractivity contribution in [2.45, 2.75) is 38.0 Å². The maximum absolute atomic E-state index is 13.5. The van der Waals surface area contributed by atoms with Crippen LogP contribution in [0.15, 0.2) is 41.3 Å². The van der Waals surface area contributed by atoms with Gasteiger partial charge in [-0.2, -0.15) is 9.78 Å². The molecule has 2 heterocycles. The van der Waals surface area contributed by atoms with Gasteiger partial charge in [-0.1, -0.05) is 19.1 Å². The van der Waals surface area contributed by atoms with Crippen LogP contribution in [-0.4, -0.2) is 44.2 Å². The molecule has 0 saturated carbocycles. The first-order valence-corrected chi connectivity index (χ1v) is 12.5. The van der Waals surface area contributed by atoms with Gasteiger partial charge in [0.2, 0.25) is 11.8 Å². The summed E-state index contributed by atoms with van der Waals surface area (Å²) in [7, 11) is -1.12. The van der Waals surface area contributed by atoms with E-state index in [2.05, 4.69) is 15.1 Å². The summed E-state index contributed by atoms with van der Waals surface area (Å²) in [5, 5.41) is 7.16. The molecule has 1 aromatic heterocycles. The van der Waals surface area contributed by atoms with Gasteiger partial charge in [0, 0.05) is 24.5 Å². The number of aryl methyl sites for hydroxylation is 2. The highest BCUT2D eigenvalue weighted by molar-refractivity contribution is 7.92. The van der Waals surface area contributed by atoms with Gasteiger partial charge in [-0.3, -0.25) is 14.3 Å². The van der Waals surface area contributed by atoms with E-state index in [1.807, 2.05) is 6.92 Å². The first-order chi connectivity index (χ1) is 16.7. The number of ether oxygens (including phenoxy) is 2. The second kappa shape index (κ2) is 9.41. The molecule has 11 heteroatoms. The second-order valence-corrected chi connectivity index (χ2v) is 9.68. The van der Waals surface area contributed by atoms with Crippen LogP contribution in [0, 0.1) is 6.92 Å². The van der Waals surface area contributed by atoms with E-state index in [4.69, 9.17) is 9.47 Å². The number of methoxy groups -OCH3 is 2. The maximum atomic E-state index is 13.5. The Hall–Kier alpha value is -3.86. The Morgan fingerprint density at radius 1 is 1.09 bits per heavy atom. The third-order valence-electron chi connectivity index (χ3n) is 5.77. The van der Waals surface area contributed by atoms with Crippen LogP contribution in [0.3, 0.4) is 0 Å². The van der Waals surface area contributed by atoms with Crippen molar-refractivity contribution >= 4 is 33.3 Å². The van der Waals surface area contributed by atoms with Crippen LogP contribution in [0.1, 0.15) is 35.8 Å². The predicted molar refractivity (Wildman–Crippen MR) is 131 cm³/mol. The number of nitrogens with one attached hydrogen (secondary N) is 2. The number of benzene rings is 2. The number of carbonyl (C=O) groups excluding carboxylic acids is 2. The third kappa shape index (κ3) is 4.59. The molecule has 35 heavy (non-hydrogen) atoms. The zero-order chi connectivity index (χ0) is 25.3. The largest absolute Gasteiger partial charge is 0.497 e. The van der Waals surface area contributed by atoms with Crippen LogP contribution >= 0.6 is 0 Å². The van der Waals surface area contributed by atoms with Gasteiger partial charge >= 0.3 is 0 Å². The van der Waals surface area contributed by atoms with Gasteiger partial charge in [0.1, 0.15) is 17.3 Å². The summed E-state index contributed by atoms with van der Waals surface area (Å²) in [4.78, 5) is 24.8. The number of nitrogens with zero attached hydrogens (tertiary/aromatic N) is 2. The average Bonchev–Trinajstić information content (AvgIpc) is 3.13. The average molecular weight is 499 g/mol. The van der Waals surface area contributed by atoms with Crippen molar-refractivity contribution in [3.05, 3.63) is 47.7 Å². The van der Waals surface area contributed by atoms with Crippen molar-refractivity contribution in [1.82, 2.24) is 9.78 Å². The van der Waals surface area contributed by atoms with E-state index in [0.717, 1.165) is 0 Å². The van der Waals surface area contributed by atoms with Gasteiger partial charge in [0.05, 0.1) is 30.5 Å². The minimum absolute atomic E-state index is 0.0353. The fourth-order valence-electron chi connectivity index (χ4n) is 3.97. The minimum Gasteiger partial charge on any atom is -0.497 e. The summed E-state index contributed by atoms with van der Waals surface area (Å²) in [6, 6.07) is 9.74. The number of carbonyl (C=O) groups is 2. The van der Waals surface area contributed by atoms with E-state index >= 15 is 0 Å². The molecule has 3 aromatic rings. The molecule has 0 spiro atoms. The van der Waals surface area contributed by atoms with Crippen molar-refractivity contribution in [2.75, 3.05) is 24.3 Å². The van der Waals surface area contributed by atoms with Gasteiger partial charge in [-0.05, 0) is 42.7 Å².